The van der Waals surface area contributed by atoms with Crippen molar-refractivity contribution >= 4 is 29.1 Å². The number of carbonyl (C=O) groups excluding carboxylic acids is 2. The number of hydrogen-bond acceptors (Lipinski definition) is 4. The van der Waals surface area contributed by atoms with Crippen LogP contribution in [0.4, 0.5) is 5.69 Å². The maximum absolute atomic E-state index is 12.9. The summed E-state index contributed by atoms with van der Waals surface area (Å²) in [6, 6.07) is 4.07. The van der Waals surface area contributed by atoms with Crippen LogP contribution in [0.1, 0.15) is 50.2 Å². The van der Waals surface area contributed by atoms with Crippen molar-refractivity contribution in [1.29, 1.82) is 0 Å². The SMILES string of the molecule is Cc1c(CN2CCN(C(=O)C3CCCC3)[C@@H](C)C2)cc(Cl)cc1NC(=O)C1CCNC1. The van der Waals surface area contributed by atoms with Gasteiger partial charge in [0.25, 0.3) is 0 Å². The molecular weight excluding hydrogens is 412 g/mol. The van der Waals surface area contributed by atoms with E-state index in [-0.39, 0.29) is 23.8 Å². The van der Waals surface area contributed by atoms with Gasteiger partial charge in [-0.05, 0) is 62.9 Å². The number of halogens is 1. The highest BCUT2D eigenvalue weighted by atomic mass is 35.5. The Hall–Kier alpha value is -1.63. The first-order chi connectivity index (χ1) is 14.9. The van der Waals surface area contributed by atoms with Gasteiger partial charge >= 0.3 is 0 Å². The minimum absolute atomic E-state index is 0.0214. The average Bonchev–Trinajstić information content (AvgIpc) is 3.45. The van der Waals surface area contributed by atoms with E-state index < -0.39 is 0 Å². The van der Waals surface area contributed by atoms with Gasteiger partial charge in [-0.1, -0.05) is 24.4 Å². The van der Waals surface area contributed by atoms with Crippen LogP contribution < -0.4 is 10.6 Å². The van der Waals surface area contributed by atoms with Gasteiger partial charge in [-0.25, -0.2) is 0 Å². The van der Waals surface area contributed by atoms with Crippen molar-refractivity contribution in [1.82, 2.24) is 15.1 Å². The van der Waals surface area contributed by atoms with Crippen molar-refractivity contribution < 1.29 is 9.59 Å². The van der Waals surface area contributed by atoms with Gasteiger partial charge in [0.15, 0.2) is 0 Å². The molecule has 1 aromatic carbocycles. The lowest BCUT2D eigenvalue weighted by atomic mass is 10.0. The summed E-state index contributed by atoms with van der Waals surface area (Å²) < 4.78 is 0. The summed E-state index contributed by atoms with van der Waals surface area (Å²) in [6.07, 6.45) is 5.36. The number of anilines is 1. The highest BCUT2D eigenvalue weighted by molar-refractivity contribution is 6.31. The van der Waals surface area contributed by atoms with Crippen molar-refractivity contribution in [2.75, 3.05) is 38.0 Å². The Balaban J connectivity index is 1.39. The molecule has 0 bridgehead atoms. The molecule has 2 heterocycles. The van der Waals surface area contributed by atoms with Crippen molar-refractivity contribution in [3.8, 4) is 0 Å². The van der Waals surface area contributed by atoms with E-state index in [1.54, 1.807) is 0 Å². The third-order valence-electron chi connectivity index (χ3n) is 7.26. The van der Waals surface area contributed by atoms with Crippen LogP contribution in [0.2, 0.25) is 5.02 Å². The molecule has 4 rings (SSSR count). The number of carbonyl (C=O) groups is 2. The van der Waals surface area contributed by atoms with Gasteiger partial charge in [0.1, 0.15) is 0 Å². The minimum Gasteiger partial charge on any atom is -0.337 e. The summed E-state index contributed by atoms with van der Waals surface area (Å²) in [5.74, 6) is 0.683. The van der Waals surface area contributed by atoms with Crippen LogP contribution in [0.25, 0.3) is 0 Å². The maximum atomic E-state index is 12.9. The first-order valence-electron chi connectivity index (χ1n) is 11.8. The summed E-state index contributed by atoms with van der Waals surface area (Å²) in [4.78, 5) is 30.0. The molecule has 0 spiro atoms. The number of amides is 2. The molecule has 2 atom stereocenters. The minimum atomic E-state index is 0.0214. The normalized spacial score (nSPS) is 25.2. The van der Waals surface area contributed by atoms with Gasteiger partial charge in [-0.3, -0.25) is 14.5 Å². The molecule has 31 heavy (non-hydrogen) atoms. The zero-order valence-electron chi connectivity index (χ0n) is 18.8. The van der Waals surface area contributed by atoms with Gasteiger partial charge in [-0.2, -0.15) is 0 Å². The third-order valence-corrected chi connectivity index (χ3v) is 7.48. The van der Waals surface area contributed by atoms with Gasteiger partial charge in [-0.15, -0.1) is 0 Å². The van der Waals surface area contributed by atoms with Crippen LogP contribution in [-0.4, -0.2) is 60.4 Å². The molecule has 1 aromatic rings. The quantitative estimate of drug-likeness (QED) is 0.727. The molecule has 1 aliphatic carbocycles. The molecule has 3 fully saturated rings. The molecule has 7 heteroatoms. The number of benzene rings is 1. The zero-order chi connectivity index (χ0) is 22.0. The molecule has 1 saturated carbocycles. The van der Waals surface area contributed by atoms with Crippen molar-refractivity contribution in [2.45, 2.75) is 58.5 Å². The highest BCUT2D eigenvalue weighted by Crippen LogP contribution is 2.30. The number of rotatable bonds is 5. The maximum Gasteiger partial charge on any atom is 0.228 e. The monoisotopic (exact) mass is 446 g/mol. The largest absolute Gasteiger partial charge is 0.337 e. The second-order valence-corrected chi connectivity index (χ2v) is 9.95. The van der Waals surface area contributed by atoms with E-state index in [4.69, 9.17) is 11.6 Å². The fourth-order valence-corrected chi connectivity index (χ4v) is 5.54. The summed E-state index contributed by atoms with van der Waals surface area (Å²) in [7, 11) is 0. The van der Waals surface area contributed by atoms with Gasteiger partial charge in [0.05, 0.1) is 5.92 Å². The molecule has 0 aromatic heterocycles. The number of nitrogens with zero attached hydrogens (tertiary/aromatic N) is 2. The van der Waals surface area contributed by atoms with Crippen LogP contribution in [0.15, 0.2) is 12.1 Å². The van der Waals surface area contributed by atoms with Gasteiger partial charge < -0.3 is 15.5 Å². The first kappa shape index (κ1) is 22.6. The molecule has 1 unspecified atom stereocenters. The van der Waals surface area contributed by atoms with E-state index in [0.29, 0.717) is 10.9 Å². The molecule has 170 valence electrons. The van der Waals surface area contributed by atoms with Crippen LogP contribution in [-0.2, 0) is 16.1 Å². The number of hydrogen-bond donors (Lipinski definition) is 2. The first-order valence-corrected chi connectivity index (χ1v) is 12.1. The Morgan fingerprint density at radius 3 is 2.61 bits per heavy atom. The van der Waals surface area contributed by atoms with Crippen molar-refractivity contribution in [3.05, 3.63) is 28.3 Å². The van der Waals surface area contributed by atoms with Crippen LogP contribution >= 0.6 is 11.6 Å². The lowest BCUT2D eigenvalue weighted by Gasteiger charge is -2.41. The predicted molar refractivity (Wildman–Crippen MR) is 124 cm³/mol. The fourth-order valence-electron chi connectivity index (χ4n) is 5.30. The third kappa shape index (κ3) is 5.24. The Kier molecular flexibility index (Phi) is 7.19. The van der Waals surface area contributed by atoms with Gasteiger partial charge in [0, 0.05) is 55.4 Å². The molecule has 2 aliphatic heterocycles. The van der Waals surface area contributed by atoms with E-state index >= 15 is 0 Å². The highest BCUT2D eigenvalue weighted by Gasteiger charge is 2.33. The van der Waals surface area contributed by atoms with Crippen molar-refractivity contribution in [3.63, 3.8) is 0 Å². The van der Waals surface area contributed by atoms with Crippen LogP contribution in [0.3, 0.4) is 0 Å². The van der Waals surface area contributed by atoms with Crippen LogP contribution in [0, 0.1) is 18.8 Å². The Labute approximate surface area is 190 Å². The summed E-state index contributed by atoms with van der Waals surface area (Å²) in [5.41, 5.74) is 3.01. The molecule has 6 nitrogen and oxygen atoms in total. The summed E-state index contributed by atoms with van der Waals surface area (Å²) in [6.45, 7) is 9.13. The number of nitrogens with one attached hydrogen (secondary N) is 2. The van der Waals surface area contributed by atoms with E-state index in [1.807, 2.05) is 12.1 Å². The summed E-state index contributed by atoms with van der Waals surface area (Å²) >= 11 is 6.41. The number of piperazine rings is 1. The van der Waals surface area contributed by atoms with Crippen LogP contribution in [0.5, 0.6) is 0 Å². The standard InChI is InChI=1S/C24H35ClN4O2/c1-16-14-28(9-10-29(16)24(31)18-5-3-4-6-18)15-20-11-21(25)12-22(17(20)2)27-23(30)19-7-8-26-13-19/h11-12,16,18-19,26H,3-10,13-15H2,1-2H3,(H,27,30)/t16-,19?/m0/s1. The predicted octanol–water partition coefficient (Wildman–Crippen LogP) is 3.42. The van der Waals surface area contributed by atoms with Gasteiger partial charge in [0.2, 0.25) is 11.8 Å². The molecular formula is C24H35ClN4O2. The van der Waals surface area contributed by atoms with E-state index in [9.17, 15) is 9.59 Å². The second kappa shape index (κ2) is 9.88. The lowest BCUT2D eigenvalue weighted by Crippen LogP contribution is -2.54. The zero-order valence-corrected chi connectivity index (χ0v) is 19.5. The van der Waals surface area contributed by atoms with E-state index in [0.717, 1.165) is 75.3 Å². The van der Waals surface area contributed by atoms with Crippen molar-refractivity contribution in [2.24, 2.45) is 11.8 Å². The fraction of sp³-hybridized carbons (Fsp3) is 0.667. The second-order valence-electron chi connectivity index (χ2n) is 9.51. The summed E-state index contributed by atoms with van der Waals surface area (Å²) in [5, 5.41) is 6.98. The molecule has 2 N–H and O–H groups in total. The Morgan fingerprint density at radius 1 is 1.16 bits per heavy atom. The van der Waals surface area contributed by atoms with E-state index in [2.05, 4.69) is 34.3 Å². The Bertz CT molecular complexity index is 818. The molecule has 3 aliphatic rings. The topological polar surface area (TPSA) is 64.7 Å². The molecule has 0 radical (unpaired) electrons. The lowest BCUT2D eigenvalue weighted by molar-refractivity contribution is -0.140. The molecule has 2 amide bonds. The smallest absolute Gasteiger partial charge is 0.228 e. The molecule has 2 saturated heterocycles. The average molecular weight is 447 g/mol. The van der Waals surface area contributed by atoms with E-state index in [1.165, 1.54) is 12.8 Å². The Morgan fingerprint density at radius 2 is 1.94 bits per heavy atom.